The molecule has 0 aliphatic carbocycles. The first-order valence-electron chi connectivity index (χ1n) is 4.45. The normalized spacial score (nSPS) is 10.9. The van der Waals surface area contributed by atoms with E-state index < -0.39 is 0 Å². The topological polar surface area (TPSA) is 68.0 Å². The summed E-state index contributed by atoms with van der Waals surface area (Å²) in [6, 6.07) is 1.41. The van der Waals surface area contributed by atoms with Crippen LogP contribution in [-0.4, -0.2) is 26.2 Å². The summed E-state index contributed by atoms with van der Waals surface area (Å²) >= 11 is 11.5. The fraction of sp³-hybridized carbons (Fsp3) is 0.222. The third-order valence-electron chi connectivity index (χ3n) is 2.08. The predicted molar refractivity (Wildman–Crippen MR) is 60.9 cm³/mol. The van der Waals surface area contributed by atoms with Crippen molar-refractivity contribution in [3.05, 3.63) is 33.1 Å². The van der Waals surface area contributed by atoms with E-state index >= 15 is 0 Å². The highest BCUT2D eigenvalue weighted by atomic mass is 35.5. The van der Waals surface area contributed by atoms with Crippen LogP contribution in [0.5, 0.6) is 0 Å². The van der Waals surface area contributed by atoms with Crippen molar-refractivity contribution < 1.29 is 5.11 Å². The molecule has 0 aromatic carbocycles. The molecule has 5 nitrogen and oxygen atoms in total. The van der Waals surface area contributed by atoms with Gasteiger partial charge in [0.1, 0.15) is 10.7 Å². The number of pyridine rings is 1. The lowest BCUT2D eigenvalue weighted by atomic mass is 10.3. The molecule has 0 saturated carbocycles. The Kier molecular flexibility index (Phi) is 3.09. The lowest BCUT2D eigenvalue weighted by Crippen LogP contribution is -2.22. The zero-order chi connectivity index (χ0) is 11.7. The molecule has 7 heteroatoms. The van der Waals surface area contributed by atoms with Crippen molar-refractivity contribution in [3.8, 4) is 0 Å². The predicted octanol–water partition coefficient (Wildman–Crippen LogP) is 1.09. The molecular formula is C9H7Cl2N3O2. The summed E-state index contributed by atoms with van der Waals surface area (Å²) in [6.07, 6.45) is 1.32. The lowest BCUT2D eigenvalue weighted by molar-refractivity contribution is 0.274. The zero-order valence-electron chi connectivity index (χ0n) is 8.02. The molecule has 0 fully saturated rings. The maximum absolute atomic E-state index is 11.9. The number of hydrogen-bond donors (Lipinski definition) is 1. The van der Waals surface area contributed by atoms with Gasteiger partial charge in [-0.3, -0.25) is 9.36 Å². The van der Waals surface area contributed by atoms with E-state index in [1.807, 2.05) is 0 Å². The van der Waals surface area contributed by atoms with Crippen molar-refractivity contribution in [2.24, 2.45) is 0 Å². The second kappa shape index (κ2) is 4.37. The molecule has 0 amide bonds. The summed E-state index contributed by atoms with van der Waals surface area (Å²) in [5, 5.41) is 9.30. The minimum Gasteiger partial charge on any atom is -0.395 e. The van der Waals surface area contributed by atoms with Crippen LogP contribution in [0.15, 0.2) is 17.2 Å². The van der Waals surface area contributed by atoms with Crippen LogP contribution in [0.3, 0.4) is 0 Å². The highest BCUT2D eigenvalue weighted by molar-refractivity contribution is 6.36. The number of aromatic nitrogens is 3. The highest BCUT2D eigenvalue weighted by Gasteiger charge is 2.09. The highest BCUT2D eigenvalue weighted by Crippen LogP contribution is 2.19. The van der Waals surface area contributed by atoms with Crippen LogP contribution in [-0.2, 0) is 6.54 Å². The number of rotatable bonds is 2. The van der Waals surface area contributed by atoms with E-state index in [2.05, 4.69) is 9.97 Å². The van der Waals surface area contributed by atoms with Crippen LogP contribution in [0.4, 0.5) is 0 Å². The number of aliphatic hydroxyl groups is 1. The average Bonchev–Trinajstić information content (AvgIpc) is 2.23. The second-order valence-electron chi connectivity index (χ2n) is 3.10. The number of nitrogens with zero attached hydrogens (tertiary/aromatic N) is 3. The Morgan fingerprint density at radius 3 is 2.88 bits per heavy atom. The molecule has 0 aliphatic rings. The first kappa shape index (κ1) is 11.3. The van der Waals surface area contributed by atoms with Gasteiger partial charge >= 0.3 is 0 Å². The summed E-state index contributed by atoms with van der Waals surface area (Å²) in [5.41, 5.74) is 0.00973. The van der Waals surface area contributed by atoms with Gasteiger partial charge in [0.25, 0.3) is 5.56 Å². The molecule has 0 atom stereocenters. The smallest absolute Gasteiger partial charge is 0.261 e. The fourth-order valence-corrected chi connectivity index (χ4v) is 1.84. The Hall–Kier alpha value is -1.17. The van der Waals surface area contributed by atoms with Crippen LogP contribution in [0.25, 0.3) is 10.9 Å². The minimum atomic E-state index is -0.301. The molecule has 2 heterocycles. The van der Waals surface area contributed by atoms with Gasteiger partial charge in [-0.05, 0) is 6.07 Å². The van der Waals surface area contributed by atoms with Crippen molar-refractivity contribution >= 4 is 34.1 Å². The van der Waals surface area contributed by atoms with E-state index in [0.717, 1.165) is 0 Å². The molecule has 84 valence electrons. The van der Waals surface area contributed by atoms with E-state index in [1.54, 1.807) is 0 Å². The Morgan fingerprint density at radius 1 is 1.44 bits per heavy atom. The number of hydrogen-bond acceptors (Lipinski definition) is 4. The van der Waals surface area contributed by atoms with Gasteiger partial charge in [-0.2, -0.15) is 0 Å². The van der Waals surface area contributed by atoms with Crippen LogP contribution >= 0.6 is 23.2 Å². The molecule has 2 aromatic rings. The van der Waals surface area contributed by atoms with Crippen LogP contribution < -0.4 is 5.56 Å². The van der Waals surface area contributed by atoms with E-state index in [-0.39, 0.29) is 29.0 Å². The molecule has 0 unspecified atom stereocenters. The van der Waals surface area contributed by atoms with Crippen molar-refractivity contribution in [2.45, 2.75) is 6.54 Å². The standard InChI is InChI=1S/C9H7Cl2N3O2/c10-6-3-5-7(8(11)13-6)12-4-14(1-2-15)9(5)16/h3-4,15H,1-2H2. The summed E-state index contributed by atoms with van der Waals surface area (Å²) in [7, 11) is 0. The summed E-state index contributed by atoms with van der Waals surface area (Å²) in [5.74, 6) is 0. The van der Waals surface area contributed by atoms with E-state index in [1.165, 1.54) is 17.0 Å². The van der Waals surface area contributed by atoms with Gasteiger partial charge in [-0.25, -0.2) is 9.97 Å². The molecule has 0 spiro atoms. The largest absolute Gasteiger partial charge is 0.395 e. The van der Waals surface area contributed by atoms with Crippen LogP contribution in [0.1, 0.15) is 0 Å². The second-order valence-corrected chi connectivity index (χ2v) is 3.84. The average molecular weight is 260 g/mol. The van der Waals surface area contributed by atoms with Crippen LogP contribution in [0, 0.1) is 0 Å². The van der Waals surface area contributed by atoms with Gasteiger partial charge in [-0.15, -0.1) is 0 Å². The first-order chi connectivity index (χ1) is 7.63. The molecule has 0 saturated heterocycles. The molecule has 16 heavy (non-hydrogen) atoms. The van der Waals surface area contributed by atoms with Gasteiger partial charge in [0.2, 0.25) is 0 Å². The van der Waals surface area contributed by atoms with Gasteiger partial charge in [0.15, 0.2) is 5.15 Å². The number of halogens is 2. The lowest BCUT2D eigenvalue weighted by Gasteiger charge is -2.05. The van der Waals surface area contributed by atoms with E-state index in [0.29, 0.717) is 10.9 Å². The van der Waals surface area contributed by atoms with Crippen LogP contribution in [0.2, 0.25) is 10.3 Å². The molecule has 2 rings (SSSR count). The Balaban J connectivity index is 2.78. The monoisotopic (exact) mass is 259 g/mol. The maximum Gasteiger partial charge on any atom is 0.261 e. The van der Waals surface area contributed by atoms with Crippen molar-refractivity contribution in [3.63, 3.8) is 0 Å². The summed E-state index contributed by atoms with van der Waals surface area (Å²) < 4.78 is 1.29. The van der Waals surface area contributed by atoms with Gasteiger partial charge in [-0.1, -0.05) is 23.2 Å². The SMILES string of the molecule is O=c1c2cc(Cl)nc(Cl)c2ncn1CCO. The maximum atomic E-state index is 11.9. The molecule has 1 N–H and O–H groups in total. The Bertz CT molecular complexity index is 597. The van der Waals surface area contributed by atoms with Gasteiger partial charge in [0.05, 0.1) is 24.9 Å². The molecule has 0 radical (unpaired) electrons. The quantitative estimate of drug-likeness (QED) is 0.820. The summed E-state index contributed by atoms with van der Waals surface area (Å²) in [4.78, 5) is 19.7. The van der Waals surface area contributed by atoms with Gasteiger partial charge in [0, 0.05) is 0 Å². The van der Waals surface area contributed by atoms with Crippen molar-refractivity contribution in [2.75, 3.05) is 6.61 Å². The van der Waals surface area contributed by atoms with Gasteiger partial charge < -0.3 is 5.11 Å². The van der Waals surface area contributed by atoms with E-state index in [4.69, 9.17) is 28.3 Å². The molecular weight excluding hydrogens is 253 g/mol. The van der Waals surface area contributed by atoms with E-state index in [9.17, 15) is 4.79 Å². The number of fused-ring (bicyclic) bond motifs is 1. The summed E-state index contributed by atoms with van der Waals surface area (Å²) in [6.45, 7) is 0.0407. The zero-order valence-corrected chi connectivity index (χ0v) is 9.53. The Labute approximate surface area is 100 Å². The molecule has 0 aliphatic heterocycles. The third-order valence-corrected chi connectivity index (χ3v) is 2.53. The van der Waals surface area contributed by atoms with Crippen molar-refractivity contribution in [1.29, 1.82) is 0 Å². The molecule has 0 bridgehead atoms. The van der Waals surface area contributed by atoms with Crippen molar-refractivity contribution in [1.82, 2.24) is 14.5 Å². The fourth-order valence-electron chi connectivity index (χ4n) is 1.37. The third kappa shape index (κ3) is 1.89. The number of aliphatic hydroxyl groups excluding tert-OH is 1. The Morgan fingerprint density at radius 2 is 2.19 bits per heavy atom. The first-order valence-corrected chi connectivity index (χ1v) is 5.21. The minimum absolute atomic E-state index is 0.0933. The molecule has 2 aromatic heterocycles.